The normalized spacial score (nSPS) is 12.2. The molecular weight excluding hydrogens is 300 g/mol. The van der Waals surface area contributed by atoms with Gasteiger partial charge in [0.25, 0.3) is 0 Å². The highest BCUT2D eigenvalue weighted by molar-refractivity contribution is 9.10. The number of pyridine rings is 1. The Morgan fingerprint density at radius 3 is 2.78 bits per heavy atom. The number of aryl methyl sites for hydroxylation is 1. The van der Waals surface area contributed by atoms with E-state index in [0.29, 0.717) is 11.1 Å². The van der Waals surface area contributed by atoms with Crippen LogP contribution >= 0.6 is 15.9 Å². The minimum atomic E-state index is -0.302. The maximum Gasteiger partial charge on any atom is 0.229 e. The minimum Gasteiger partial charge on any atom is -0.384 e. The van der Waals surface area contributed by atoms with Gasteiger partial charge in [0.2, 0.25) is 11.3 Å². The van der Waals surface area contributed by atoms with Crippen molar-refractivity contribution in [1.82, 2.24) is 4.57 Å². The number of amides is 1. The van der Waals surface area contributed by atoms with Crippen molar-refractivity contribution in [2.75, 3.05) is 19.0 Å². The van der Waals surface area contributed by atoms with E-state index in [1.807, 2.05) is 11.5 Å². The summed E-state index contributed by atoms with van der Waals surface area (Å²) in [6.45, 7) is 4.74. The van der Waals surface area contributed by atoms with Gasteiger partial charge in [0, 0.05) is 26.0 Å². The molecule has 0 aliphatic carbocycles. The summed E-state index contributed by atoms with van der Waals surface area (Å²) in [7, 11) is 1.53. The lowest BCUT2D eigenvalue weighted by Crippen LogP contribution is -2.27. The largest absolute Gasteiger partial charge is 0.384 e. The fourth-order valence-corrected chi connectivity index (χ4v) is 1.92. The lowest BCUT2D eigenvalue weighted by molar-refractivity contribution is -0.120. The van der Waals surface area contributed by atoms with Gasteiger partial charge < -0.3 is 14.6 Å². The molecule has 1 heterocycles. The number of methoxy groups -OCH3 is 1. The highest BCUT2D eigenvalue weighted by atomic mass is 79.9. The van der Waals surface area contributed by atoms with E-state index in [0.717, 1.165) is 6.54 Å². The van der Waals surface area contributed by atoms with Gasteiger partial charge >= 0.3 is 0 Å². The molecule has 1 N–H and O–H groups in total. The van der Waals surface area contributed by atoms with Crippen molar-refractivity contribution < 1.29 is 9.53 Å². The van der Waals surface area contributed by atoms with Crippen LogP contribution in [-0.4, -0.2) is 24.2 Å². The van der Waals surface area contributed by atoms with Crippen LogP contribution in [-0.2, 0) is 16.1 Å². The second-order valence-corrected chi connectivity index (χ2v) is 4.88. The number of carbonyl (C=O) groups excluding carboxylic acids is 1. The fraction of sp³-hybridized carbons (Fsp3) is 0.500. The Morgan fingerprint density at radius 1 is 1.56 bits per heavy atom. The molecule has 1 rings (SSSR count). The Kier molecular flexibility index (Phi) is 5.55. The van der Waals surface area contributed by atoms with Gasteiger partial charge in [-0.15, -0.1) is 0 Å². The highest BCUT2D eigenvalue weighted by Gasteiger charge is 2.15. The molecule has 0 fully saturated rings. The summed E-state index contributed by atoms with van der Waals surface area (Å²) in [6.07, 6.45) is 3.32. The molecule has 1 amide bonds. The first-order valence-corrected chi connectivity index (χ1v) is 6.48. The van der Waals surface area contributed by atoms with Crippen molar-refractivity contribution in [2.45, 2.75) is 20.4 Å². The second-order valence-electron chi connectivity index (χ2n) is 4.03. The van der Waals surface area contributed by atoms with Gasteiger partial charge in [-0.25, -0.2) is 0 Å². The molecule has 1 aromatic heterocycles. The summed E-state index contributed by atoms with van der Waals surface area (Å²) in [5.74, 6) is -0.529. The quantitative estimate of drug-likeness (QED) is 0.901. The van der Waals surface area contributed by atoms with Gasteiger partial charge in [-0.05, 0) is 22.9 Å². The van der Waals surface area contributed by atoms with Crippen molar-refractivity contribution in [3.05, 3.63) is 27.1 Å². The van der Waals surface area contributed by atoms with Crippen LogP contribution in [0.2, 0.25) is 0 Å². The van der Waals surface area contributed by atoms with E-state index in [2.05, 4.69) is 21.2 Å². The first kappa shape index (κ1) is 14.9. The number of aromatic nitrogens is 1. The van der Waals surface area contributed by atoms with Crippen LogP contribution in [0.25, 0.3) is 0 Å². The number of ether oxygens (including phenoxy) is 1. The van der Waals surface area contributed by atoms with Gasteiger partial charge in [-0.1, -0.05) is 6.92 Å². The zero-order valence-electron chi connectivity index (χ0n) is 10.7. The van der Waals surface area contributed by atoms with Crippen LogP contribution in [0.3, 0.4) is 0 Å². The third-order valence-corrected chi connectivity index (χ3v) is 3.09. The number of anilines is 1. The van der Waals surface area contributed by atoms with Crippen molar-refractivity contribution in [2.24, 2.45) is 5.92 Å². The second kappa shape index (κ2) is 6.70. The van der Waals surface area contributed by atoms with Gasteiger partial charge in [0.15, 0.2) is 0 Å². The molecule has 0 aliphatic rings. The molecule has 1 unspecified atom stereocenters. The summed E-state index contributed by atoms with van der Waals surface area (Å²) in [5, 5.41) is 2.63. The number of nitrogens with one attached hydrogen (secondary N) is 1. The standard InChI is InChI=1S/C12H17BrN2O3/c1-4-15-5-9(13)11(16)10(6-15)14-12(17)8(2)7-18-3/h5-6,8H,4,7H2,1-3H3,(H,14,17). The van der Waals surface area contributed by atoms with Gasteiger partial charge in [-0.3, -0.25) is 9.59 Å². The van der Waals surface area contributed by atoms with Crippen molar-refractivity contribution in [1.29, 1.82) is 0 Å². The zero-order valence-corrected chi connectivity index (χ0v) is 12.3. The van der Waals surface area contributed by atoms with E-state index in [4.69, 9.17) is 4.74 Å². The molecule has 0 saturated carbocycles. The van der Waals surface area contributed by atoms with Crippen LogP contribution < -0.4 is 10.7 Å². The number of hydrogen-bond donors (Lipinski definition) is 1. The lowest BCUT2D eigenvalue weighted by atomic mass is 10.2. The molecule has 1 aromatic rings. The van der Waals surface area contributed by atoms with E-state index >= 15 is 0 Å². The number of carbonyl (C=O) groups is 1. The Morgan fingerprint density at radius 2 is 2.22 bits per heavy atom. The summed E-state index contributed by atoms with van der Waals surface area (Å²) in [5.41, 5.74) is 0.0526. The van der Waals surface area contributed by atoms with Crippen molar-refractivity contribution in [3.8, 4) is 0 Å². The van der Waals surface area contributed by atoms with Crippen LogP contribution in [0.1, 0.15) is 13.8 Å². The molecule has 5 nitrogen and oxygen atoms in total. The Hall–Kier alpha value is -1.14. The van der Waals surface area contributed by atoms with E-state index < -0.39 is 0 Å². The molecule has 100 valence electrons. The predicted molar refractivity (Wildman–Crippen MR) is 73.7 cm³/mol. The van der Waals surface area contributed by atoms with Crippen LogP contribution in [0, 0.1) is 5.92 Å². The van der Waals surface area contributed by atoms with Crippen LogP contribution in [0.4, 0.5) is 5.69 Å². The Balaban J connectivity index is 2.93. The third-order valence-electron chi connectivity index (χ3n) is 2.52. The summed E-state index contributed by atoms with van der Waals surface area (Å²) < 4.78 is 7.16. The molecule has 0 spiro atoms. The summed E-state index contributed by atoms with van der Waals surface area (Å²) >= 11 is 3.19. The lowest BCUT2D eigenvalue weighted by Gasteiger charge is -2.12. The Labute approximate surface area is 114 Å². The smallest absolute Gasteiger partial charge is 0.229 e. The maximum atomic E-state index is 11.8. The average molecular weight is 317 g/mol. The van der Waals surface area contributed by atoms with Gasteiger partial charge in [0.05, 0.1) is 17.0 Å². The molecule has 1 atom stereocenters. The van der Waals surface area contributed by atoms with E-state index in [1.165, 1.54) is 7.11 Å². The summed E-state index contributed by atoms with van der Waals surface area (Å²) in [4.78, 5) is 23.7. The number of rotatable bonds is 5. The van der Waals surface area contributed by atoms with E-state index in [9.17, 15) is 9.59 Å². The first-order valence-electron chi connectivity index (χ1n) is 5.69. The van der Waals surface area contributed by atoms with E-state index in [-0.39, 0.29) is 22.9 Å². The molecule has 18 heavy (non-hydrogen) atoms. The first-order chi connectivity index (χ1) is 8.49. The molecule has 0 aromatic carbocycles. The third kappa shape index (κ3) is 3.68. The molecular formula is C12H17BrN2O3. The molecule has 6 heteroatoms. The molecule has 0 aliphatic heterocycles. The summed E-state index contributed by atoms with van der Waals surface area (Å²) in [6, 6.07) is 0. The molecule has 0 saturated heterocycles. The number of halogens is 1. The fourth-order valence-electron chi connectivity index (χ4n) is 1.45. The monoisotopic (exact) mass is 316 g/mol. The number of nitrogens with zero attached hydrogens (tertiary/aromatic N) is 1. The molecule has 0 bridgehead atoms. The maximum absolute atomic E-state index is 11.8. The predicted octanol–water partition coefficient (Wildman–Crippen LogP) is 1.85. The van der Waals surface area contributed by atoms with E-state index in [1.54, 1.807) is 19.3 Å². The minimum absolute atomic E-state index is 0.224. The van der Waals surface area contributed by atoms with Crippen LogP contribution in [0.15, 0.2) is 21.7 Å². The van der Waals surface area contributed by atoms with Crippen LogP contribution in [0.5, 0.6) is 0 Å². The SMILES string of the molecule is CCn1cc(Br)c(=O)c(NC(=O)C(C)COC)c1. The number of hydrogen-bond acceptors (Lipinski definition) is 3. The average Bonchev–Trinajstić information content (AvgIpc) is 2.34. The van der Waals surface area contributed by atoms with Crippen molar-refractivity contribution >= 4 is 27.5 Å². The Bertz CT molecular complexity index is 485. The highest BCUT2D eigenvalue weighted by Crippen LogP contribution is 2.10. The zero-order chi connectivity index (χ0) is 13.7. The van der Waals surface area contributed by atoms with Crippen molar-refractivity contribution in [3.63, 3.8) is 0 Å². The molecule has 0 radical (unpaired) electrons. The van der Waals surface area contributed by atoms with Gasteiger partial charge in [0.1, 0.15) is 5.69 Å². The topological polar surface area (TPSA) is 60.3 Å². The van der Waals surface area contributed by atoms with Gasteiger partial charge in [-0.2, -0.15) is 0 Å².